The first kappa shape index (κ1) is 24.9. The predicted octanol–water partition coefficient (Wildman–Crippen LogP) is 8.01. The fourth-order valence-electron chi connectivity index (χ4n) is 3.11. The van der Waals surface area contributed by atoms with Gasteiger partial charge in [-0.1, -0.05) is 114 Å². The van der Waals surface area contributed by atoms with Gasteiger partial charge in [0, 0.05) is 0 Å². The number of esters is 1. The highest BCUT2D eigenvalue weighted by Gasteiger charge is 2.04. The summed E-state index contributed by atoms with van der Waals surface area (Å²) in [6, 6.07) is 19.9. The first-order chi connectivity index (χ1) is 14.3. The standard InChI is InChI=1S/C14H20O2.C13H20/c1-2-3-4-5-9-12-16-14(15)13-10-7-6-8-11-13;1-2-3-4-5-7-10-13-11-8-6-9-12-13/h6-8,10-11H,2-5,9,12H2,1H3;6,8-9,11-12H,2-5,7,10H2,1H3. The van der Waals surface area contributed by atoms with Crippen molar-refractivity contribution < 1.29 is 9.53 Å². The minimum Gasteiger partial charge on any atom is -0.462 e. The predicted molar refractivity (Wildman–Crippen MR) is 124 cm³/mol. The maximum absolute atomic E-state index is 11.5. The van der Waals surface area contributed by atoms with Crippen LogP contribution in [0.1, 0.15) is 94.0 Å². The zero-order valence-corrected chi connectivity index (χ0v) is 18.6. The molecule has 0 N–H and O–H groups in total. The van der Waals surface area contributed by atoms with Gasteiger partial charge >= 0.3 is 5.97 Å². The molecule has 0 radical (unpaired) electrons. The Morgan fingerprint density at radius 2 is 1.17 bits per heavy atom. The van der Waals surface area contributed by atoms with Crippen LogP contribution in [0.5, 0.6) is 0 Å². The van der Waals surface area contributed by atoms with E-state index in [2.05, 4.69) is 44.2 Å². The van der Waals surface area contributed by atoms with Gasteiger partial charge in [-0.05, 0) is 37.0 Å². The fraction of sp³-hybridized carbons (Fsp3) is 0.519. The molecule has 29 heavy (non-hydrogen) atoms. The fourth-order valence-corrected chi connectivity index (χ4v) is 3.11. The zero-order valence-electron chi connectivity index (χ0n) is 18.6. The van der Waals surface area contributed by atoms with Gasteiger partial charge in [0.2, 0.25) is 0 Å². The SMILES string of the molecule is CCCCCCCOC(=O)c1ccccc1.CCCCCCCc1ccccc1. The van der Waals surface area contributed by atoms with E-state index in [1.807, 2.05) is 18.2 Å². The summed E-state index contributed by atoms with van der Waals surface area (Å²) in [5.74, 6) is -0.212. The second-order valence-corrected chi connectivity index (χ2v) is 7.57. The van der Waals surface area contributed by atoms with Crippen LogP contribution < -0.4 is 0 Å². The van der Waals surface area contributed by atoms with Crippen molar-refractivity contribution in [2.45, 2.75) is 84.5 Å². The van der Waals surface area contributed by atoms with Gasteiger partial charge < -0.3 is 4.74 Å². The van der Waals surface area contributed by atoms with Crippen molar-refractivity contribution in [2.24, 2.45) is 0 Å². The number of rotatable bonds is 13. The summed E-state index contributed by atoms with van der Waals surface area (Å²) in [7, 11) is 0. The summed E-state index contributed by atoms with van der Waals surface area (Å²) in [5, 5.41) is 0. The Bertz CT molecular complexity index is 607. The van der Waals surface area contributed by atoms with Crippen molar-refractivity contribution in [1.29, 1.82) is 0 Å². The smallest absolute Gasteiger partial charge is 0.338 e. The first-order valence-electron chi connectivity index (χ1n) is 11.5. The number of carbonyl (C=O) groups excluding carboxylic acids is 1. The van der Waals surface area contributed by atoms with E-state index in [0.29, 0.717) is 12.2 Å². The third kappa shape index (κ3) is 13.7. The quantitative estimate of drug-likeness (QED) is 0.253. The van der Waals surface area contributed by atoms with Gasteiger partial charge in [0.15, 0.2) is 0 Å². The van der Waals surface area contributed by atoms with E-state index in [1.165, 1.54) is 63.4 Å². The van der Waals surface area contributed by atoms with Crippen molar-refractivity contribution in [1.82, 2.24) is 0 Å². The molecule has 0 saturated heterocycles. The second kappa shape index (κ2) is 18.0. The number of hydrogen-bond donors (Lipinski definition) is 0. The van der Waals surface area contributed by atoms with Gasteiger partial charge in [0.25, 0.3) is 0 Å². The molecule has 0 aliphatic carbocycles. The summed E-state index contributed by atoms with van der Waals surface area (Å²) in [5.41, 5.74) is 2.12. The molecule has 2 nitrogen and oxygen atoms in total. The van der Waals surface area contributed by atoms with Crippen LogP contribution in [0.4, 0.5) is 0 Å². The van der Waals surface area contributed by atoms with Crippen molar-refractivity contribution in [3.8, 4) is 0 Å². The molecule has 2 aromatic carbocycles. The summed E-state index contributed by atoms with van der Waals surface area (Å²) in [4.78, 5) is 11.5. The lowest BCUT2D eigenvalue weighted by atomic mass is 10.1. The summed E-state index contributed by atoms with van der Waals surface area (Å²) >= 11 is 0. The van der Waals surface area contributed by atoms with Gasteiger partial charge in [0.05, 0.1) is 12.2 Å². The second-order valence-electron chi connectivity index (χ2n) is 7.57. The van der Waals surface area contributed by atoms with Crippen molar-refractivity contribution in [2.75, 3.05) is 6.61 Å². The molecule has 2 aromatic rings. The third-order valence-corrected chi connectivity index (χ3v) is 4.90. The minimum atomic E-state index is -0.212. The van der Waals surface area contributed by atoms with Crippen molar-refractivity contribution in [3.63, 3.8) is 0 Å². The molecule has 0 bridgehead atoms. The lowest BCUT2D eigenvalue weighted by Crippen LogP contribution is -2.06. The lowest BCUT2D eigenvalue weighted by Gasteiger charge is -2.04. The van der Waals surface area contributed by atoms with E-state index in [9.17, 15) is 4.79 Å². The Labute approximate surface area is 178 Å². The van der Waals surface area contributed by atoms with Crippen LogP contribution >= 0.6 is 0 Å². The number of hydrogen-bond acceptors (Lipinski definition) is 2. The summed E-state index contributed by atoms with van der Waals surface area (Å²) in [6.07, 6.45) is 14.0. The molecule has 0 aromatic heterocycles. The van der Waals surface area contributed by atoms with Gasteiger partial charge in [-0.3, -0.25) is 0 Å². The number of aryl methyl sites for hydroxylation is 1. The Kier molecular flexibility index (Phi) is 15.5. The summed E-state index contributed by atoms with van der Waals surface area (Å²) in [6.45, 7) is 4.99. The van der Waals surface area contributed by atoms with Gasteiger partial charge in [-0.15, -0.1) is 0 Å². The topological polar surface area (TPSA) is 26.3 Å². The monoisotopic (exact) mass is 396 g/mol. The van der Waals surface area contributed by atoms with E-state index in [1.54, 1.807) is 12.1 Å². The average molecular weight is 397 g/mol. The van der Waals surface area contributed by atoms with Crippen LogP contribution in [0.15, 0.2) is 60.7 Å². The highest BCUT2D eigenvalue weighted by molar-refractivity contribution is 5.89. The molecule has 0 atom stereocenters. The normalized spacial score (nSPS) is 10.1. The van der Waals surface area contributed by atoms with Crippen LogP contribution in [-0.4, -0.2) is 12.6 Å². The maximum Gasteiger partial charge on any atom is 0.338 e. The molecule has 2 rings (SSSR count). The molecule has 0 amide bonds. The Hall–Kier alpha value is -2.09. The minimum absolute atomic E-state index is 0.212. The summed E-state index contributed by atoms with van der Waals surface area (Å²) < 4.78 is 5.17. The van der Waals surface area contributed by atoms with Crippen molar-refractivity contribution >= 4 is 5.97 Å². The van der Waals surface area contributed by atoms with Crippen LogP contribution in [0.25, 0.3) is 0 Å². The van der Waals surface area contributed by atoms with E-state index < -0.39 is 0 Å². The van der Waals surface area contributed by atoms with Gasteiger partial charge in [-0.25, -0.2) is 4.79 Å². The molecular weight excluding hydrogens is 356 g/mol. The third-order valence-electron chi connectivity index (χ3n) is 4.90. The van der Waals surface area contributed by atoms with E-state index in [-0.39, 0.29) is 5.97 Å². The zero-order chi connectivity index (χ0) is 21.0. The molecule has 0 unspecified atom stereocenters. The highest BCUT2D eigenvalue weighted by atomic mass is 16.5. The van der Waals surface area contributed by atoms with Crippen molar-refractivity contribution in [3.05, 3.63) is 71.8 Å². The van der Waals surface area contributed by atoms with E-state index in [4.69, 9.17) is 4.74 Å². The number of ether oxygens (including phenoxy) is 1. The Morgan fingerprint density at radius 3 is 1.76 bits per heavy atom. The first-order valence-corrected chi connectivity index (χ1v) is 11.5. The van der Waals surface area contributed by atoms with E-state index >= 15 is 0 Å². The van der Waals surface area contributed by atoms with E-state index in [0.717, 1.165) is 12.8 Å². The molecule has 0 aliphatic heterocycles. The Balaban J connectivity index is 0.000000296. The highest BCUT2D eigenvalue weighted by Crippen LogP contribution is 2.08. The maximum atomic E-state index is 11.5. The molecule has 2 heteroatoms. The number of benzene rings is 2. The molecule has 160 valence electrons. The van der Waals surface area contributed by atoms with Crippen LogP contribution in [0.2, 0.25) is 0 Å². The van der Waals surface area contributed by atoms with Gasteiger partial charge in [0.1, 0.15) is 0 Å². The molecule has 0 heterocycles. The van der Waals surface area contributed by atoms with Gasteiger partial charge in [-0.2, -0.15) is 0 Å². The Morgan fingerprint density at radius 1 is 0.655 bits per heavy atom. The van der Waals surface area contributed by atoms with Crippen LogP contribution in [0.3, 0.4) is 0 Å². The molecular formula is C27H40O2. The molecule has 0 spiro atoms. The number of carbonyl (C=O) groups is 1. The van der Waals surface area contributed by atoms with Crippen LogP contribution in [-0.2, 0) is 11.2 Å². The molecule has 0 saturated carbocycles. The van der Waals surface area contributed by atoms with Crippen LogP contribution in [0, 0.1) is 0 Å². The molecule has 0 fully saturated rings. The lowest BCUT2D eigenvalue weighted by molar-refractivity contribution is 0.0497. The number of unbranched alkanes of at least 4 members (excludes halogenated alkanes) is 8. The largest absolute Gasteiger partial charge is 0.462 e. The molecule has 0 aliphatic rings. The average Bonchev–Trinajstić information content (AvgIpc) is 2.77.